The predicted octanol–water partition coefficient (Wildman–Crippen LogP) is 3.92. The number of nitrogens with one attached hydrogen (secondary N) is 1. The second kappa shape index (κ2) is 9.67. The topological polar surface area (TPSA) is 49.4 Å². The molecule has 24 heavy (non-hydrogen) atoms. The molecule has 1 aliphatic carbocycles. The Kier molecular flexibility index (Phi) is 7.57. The Bertz CT molecular complexity index is 537. The number of hydrogen-bond acceptors (Lipinski definition) is 2. The summed E-state index contributed by atoms with van der Waals surface area (Å²) in [6.45, 7) is 2.60. The summed E-state index contributed by atoms with van der Waals surface area (Å²) in [7, 11) is 0. The lowest BCUT2D eigenvalue weighted by Gasteiger charge is -2.30. The maximum atomic E-state index is 12.1. The van der Waals surface area contributed by atoms with Gasteiger partial charge in [-0.15, -0.1) is 0 Å². The molecule has 2 amide bonds. The molecular formula is C19H27ClN2O2. The standard InChI is InChI=1S/C19H27ClN2O2/c1-15(23)22(18-6-4-2-3-5-7-18)13-12-19(24)21-14-16-8-10-17(20)11-9-16/h8-11,18H,2-7,12-14H2,1H3,(H,21,24). The first-order chi connectivity index (χ1) is 11.6. The van der Waals surface area contributed by atoms with Crippen molar-refractivity contribution in [3.05, 3.63) is 34.9 Å². The molecule has 0 bridgehead atoms. The minimum atomic E-state index is -0.0233. The summed E-state index contributed by atoms with van der Waals surface area (Å²) in [5, 5.41) is 3.59. The molecule has 1 fully saturated rings. The smallest absolute Gasteiger partial charge is 0.222 e. The van der Waals surface area contributed by atoms with E-state index in [0.717, 1.165) is 18.4 Å². The molecule has 2 rings (SSSR count). The van der Waals surface area contributed by atoms with Crippen LogP contribution in [0.3, 0.4) is 0 Å². The lowest BCUT2D eigenvalue weighted by Crippen LogP contribution is -2.41. The third kappa shape index (κ3) is 6.16. The van der Waals surface area contributed by atoms with Crippen LogP contribution in [-0.2, 0) is 16.1 Å². The summed E-state index contributed by atoms with van der Waals surface area (Å²) in [5.74, 6) is 0.0530. The highest BCUT2D eigenvalue weighted by atomic mass is 35.5. The van der Waals surface area contributed by atoms with Gasteiger partial charge in [0.15, 0.2) is 0 Å². The van der Waals surface area contributed by atoms with Crippen LogP contribution in [0.25, 0.3) is 0 Å². The molecule has 4 nitrogen and oxygen atoms in total. The fraction of sp³-hybridized carbons (Fsp3) is 0.579. The van der Waals surface area contributed by atoms with Crippen LogP contribution < -0.4 is 5.32 Å². The van der Waals surface area contributed by atoms with Gasteiger partial charge in [-0.1, -0.05) is 49.4 Å². The molecule has 0 radical (unpaired) electrons. The summed E-state index contributed by atoms with van der Waals surface area (Å²) in [5.41, 5.74) is 1.01. The van der Waals surface area contributed by atoms with E-state index in [4.69, 9.17) is 11.6 Å². The van der Waals surface area contributed by atoms with Crippen molar-refractivity contribution in [2.24, 2.45) is 0 Å². The third-order valence-electron chi connectivity index (χ3n) is 4.65. The molecule has 0 aliphatic heterocycles. The number of halogens is 1. The Morgan fingerprint density at radius 3 is 2.33 bits per heavy atom. The number of rotatable bonds is 6. The third-order valence-corrected chi connectivity index (χ3v) is 4.90. The van der Waals surface area contributed by atoms with Crippen molar-refractivity contribution in [2.45, 2.75) is 64.5 Å². The van der Waals surface area contributed by atoms with Crippen molar-refractivity contribution < 1.29 is 9.59 Å². The number of benzene rings is 1. The van der Waals surface area contributed by atoms with E-state index in [1.54, 1.807) is 6.92 Å². The van der Waals surface area contributed by atoms with Gasteiger partial charge in [0.1, 0.15) is 0 Å². The maximum Gasteiger partial charge on any atom is 0.222 e. The van der Waals surface area contributed by atoms with Crippen molar-refractivity contribution in [1.29, 1.82) is 0 Å². The van der Waals surface area contributed by atoms with Crippen LogP contribution in [0.4, 0.5) is 0 Å². The van der Waals surface area contributed by atoms with Crippen molar-refractivity contribution in [3.63, 3.8) is 0 Å². The van der Waals surface area contributed by atoms with Crippen molar-refractivity contribution in [3.8, 4) is 0 Å². The zero-order chi connectivity index (χ0) is 17.4. The molecule has 1 aromatic rings. The molecule has 132 valence electrons. The largest absolute Gasteiger partial charge is 0.352 e. The van der Waals surface area contributed by atoms with E-state index in [1.807, 2.05) is 29.2 Å². The van der Waals surface area contributed by atoms with Gasteiger partial charge in [0, 0.05) is 37.5 Å². The number of nitrogens with zero attached hydrogens (tertiary/aromatic N) is 1. The lowest BCUT2D eigenvalue weighted by molar-refractivity contribution is -0.132. The Balaban J connectivity index is 1.79. The van der Waals surface area contributed by atoms with Crippen molar-refractivity contribution >= 4 is 23.4 Å². The molecule has 0 spiro atoms. The lowest BCUT2D eigenvalue weighted by atomic mass is 10.1. The monoisotopic (exact) mass is 350 g/mol. The SMILES string of the molecule is CC(=O)N(CCC(=O)NCc1ccc(Cl)cc1)C1CCCCCC1. The maximum absolute atomic E-state index is 12.1. The first-order valence-electron chi connectivity index (χ1n) is 8.84. The zero-order valence-corrected chi connectivity index (χ0v) is 15.1. The number of hydrogen-bond donors (Lipinski definition) is 1. The average Bonchev–Trinajstić information content (AvgIpc) is 2.83. The quantitative estimate of drug-likeness (QED) is 0.790. The summed E-state index contributed by atoms with van der Waals surface area (Å²) >= 11 is 5.85. The minimum absolute atomic E-state index is 0.0233. The van der Waals surface area contributed by atoms with Crippen LogP contribution in [0.2, 0.25) is 5.02 Å². The normalized spacial score (nSPS) is 15.6. The van der Waals surface area contributed by atoms with Gasteiger partial charge in [-0.2, -0.15) is 0 Å². The zero-order valence-electron chi connectivity index (χ0n) is 14.4. The second-order valence-corrected chi connectivity index (χ2v) is 6.95. The molecule has 1 aliphatic rings. The van der Waals surface area contributed by atoms with Gasteiger partial charge in [0.05, 0.1) is 0 Å². The van der Waals surface area contributed by atoms with Gasteiger partial charge in [-0.3, -0.25) is 9.59 Å². The molecule has 0 saturated heterocycles. The van der Waals surface area contributed by atoms with Gasteiger partial charge in [-0.05, 0) is 30.5 Å². The molecule has 0 aromatic heterocycles. The molecule has 0 atom stereocenters. The van der Waals surface area contributed by atoms with E-state index in [9.17, 15) is 9.59 Å². The van der Waals surface area contributed by atoms with Crippen molar-refractivity contribution in [2.75, 3.05) is 6.54 Å². The highest BCUT2D eigenvalue weighted by molar-refractivity contribution is 6.30. The first-order valence-corrected chi connectivity index (χ1v) is 9.22. The Hall–Kier alpha value is -1.55. The fourth-order valence-electron chi connectivity index (χ4n) is 3.28. The molecule has 5 heteroatoms. The number of carbonyl (C=O) groups is 2. The van der Waals surface area contributed by atoms with Crippen LogP contribution in [0.1, 0.15) is 57.4 Å². The fourth-order valence-corrected chi connectivity index (χ4v) is 3.41. The highest BCUT2D eigenvalue weighted by Gasteiger charge is 2.22. The molecule has 0 unspecified atom stereocenters. The molecule has 1 aromatic carbocycles. The minimum Gasteiger partial charge on any atom is -0.352 e. The number of carbonyl (C=O) groups excluding carboxylic acids is 2. The average molecular weight is 351 g/mol. The molecular weight excluding hydrogens is 324 g/mol. The number of amides is 2. The van der Waals surface area contributed by atoms with Crippen LogP contribution in [0.5, 0.6) is 0 Å². The summed E-state index contributed by atoms with van der Waals surface area (Å²) in [6.07, 6.45) is 7.34. The van der Waals surface area contributed by atoms with Gasteiger partial charge in [0.25, 0.3) is 0 Å². The summed E-state index contributed by atoms with van der Waals surface area (Å²) < 4.78 is 0. The Labute approximate surface area is 149 Å². The van der Waals surface area contributed by atoms with E-state index in [0.29, 0.717) is 30.6 Å². The van der Waals surface area contributed by atoms with E-state index in [-0.39, 0.29) is 11.8 Å². The predicted molar refractivity (Wildman–Crippen MR) is 96.8 cm³/mol. The van der Waals surface area contributed by atoms with E-state index >= 15 is 0 Å². The van der Waals surface area contributed by atoms with E-state index in [1.165, 1.54) is 25.7 Å². The van der Waals surface area contributed by atoms with E-state index < -0.39 is 0 Å². The second-order valence-electron chi connectivity index (χ2n) is 6.51. The Morgan fingerprint density at radius 2 is 1.75 bits per heavy atom. The first kappa shape index (κ1) is 18.8. The molecule has 1 N–H and O–H groups in total. The summed E-state index contributed by atoms with van der Waals surface area (Å²) in [6, 6.07) is 7.72. The van der Waals surface area contributed by atoms with Crippen molar-refractivity contribution in [1.82, 2.24) is 10.2 Å². The van der Waals surface area contributed by atoms with E-state index in [2.05, 4.69) is 5.32 Å². The van der Waals surface area contributed by atoms with Gasteiger partial charge >= 0.3 is 0 Å². The van der Waals surface area contributed by atoms with Crippen LogP contribution in [0, 0.1) is 0 Å². The van der Waals surface area contributed by atoms with Crippen LogP contribution >= 0.6 is 11.6 Å². The van der Waals surface area contributed by atoms with Gasteiger partial charge < -0.3 is 10.2 Å². The highest BCUT2D eigenvalue weighted by Crippen LogP contribution is 2.22. The Morgan fingerprint density at radius 1 is 1.12 bits per heavy atom. The van der Waals surface area contributed by atoms with Gasteiger partial charge in [-0.25, -0.2) is 0 Å². The van der Waals surface area contributed by atoms with Gasteiger partial charge in [0.2, 0.25) is 11.8 Å². The van der Waals surface area contributed by atoms with Crippen LogP contribution in [-0.4, -0.2) is 29.3 Å². The molecule has 1 saturated carbocycles. The van der Waals surface area contributed by atoms with Crippen LogP contribution in [0.15, 0.2) is 24.3 Å². The summed E-state index contributed by atoms with van der Waals surface area (Å²) in [4.78, 5) is 25.9. The molecule has 0 heterocycles.